The van der Waals surface area contributed by atoms with Crippen molar-refractivity contribution >= 4 is 35.2 Å². The summed E-state index contributed by atoms with van der Waals surface area (Å²) in [5.74, 6) is -0.663. The molecule has 0 spiro atoms. The first-order valence-corrected chi connectivity index (χ1v) is 12.2. The number of fused-ring (bicyclic) bond motifs is 1. The Morgan fingerprint density at radius 1 is 1.00 bits per heavy atom. The molecule has 0 bridgehead atoms. The van der Waals surface area contributed by atoms with Gasteiger partial charge >= 0.3 is 5.97 Å². The molecule has 2 aromatic carbocycles. The summed E-state index contributed by atoms with van der Waals surface area (Å²) in [6.07, 6.45) is 3.63. The molecule has 10 heteroatoms. The van der Waals surface area contributed by atoms with Gasteiger partial charge < -0.3 is 10.0 Å². The fourth-order valence-corrected chi connectivity index (χ4v) is 5.05. The normalized spacial score (nSPS) is 15.0. The van der Waals surface area contributed by atoms with Gasteiger partial charge in [0.2, 0.25) is 5.91 Å². The first-order chi connectivity index (χ1) is 17.0. The van der Waals surface area contributed by atoms with E-state index < -0.39 is 12.0 Å². The van der Waals surface area contributed by atoms with Gasteiger partial charge in [0.15, 0.2) is 11.0 Å². The molecule has 3 heterocycles. The molecule has 1 aliphatic rings. The van der Waals surface area contributed by atoms with Gasteiger partial charge in [-0.3, -0.25) is 14.3 Å². The van der Waals surface area contributed by atoms with Crippen LogP contribution in [0, 0.1) is 0 Å². The Kier molecular flexibility index (Phi) is 6.52. The predicted molar refractivity (Wildman–Crippen MR) is 132 cm³/mol. The minimum absolute atomic E-state index is 0.0218. The number of hydrogen-bond donors (Lipinski definition) is 1. The van der Waals surface area contributed by atoms with Crippen LogP contribution >= 0.6 is 23.4 Å². The van der Waals surface area contributed by atoms with Crippen LogP contribution in [0.1, 0.15) is 11.1 Å². The summed E-state index contributed by atoms with van der Waals surface area (Å²) in [6.45, 7) is 0.263. The van der Waals surface area contributed by atoms with Crippen molar-refractivity contribution in [2.24, 2.45) is 0 Å². The minimum atomic E-state index is -1.01. The van der Waals surface area contributed by atoms with Crippen molar-refractivity contribution in [3.8, 4) is 17.1 Å². The number of nitrogens with zero attached hydrogens (tertiary/aromatic N) is 5. The quantitative estimate of drug-likeness (QED) is 0.393. The van der Waals surface area contributed by atoms with E-state index >= 15 is 0 Å². The lowest BCUT2D eigenvalue weighted by molar-refractivity contribution is -0.150. The Labute approximate surface area is 210 Å². The zero-order valence-electron chi connectivity index (χ0n) is 18.4. The highest BCUT2D eigenvalue weighted by Gasteiger charge is 2.34. The van der Waals surface area contributed by atoms with E-state index in [1.807, 2.05) is 53.1 Å². The average Bonchev–Trinajstić information content (AvgIpc) is 3.31. The van der Waals surface area contributed by atoms with Crippen LogP contribution in [0.3, 0.4) is 0 Å². The maximum Gasteiger partial charge on any atom is 0.326 e. The van der Waals surface area contributed by atoms with Gasteiger partial charge in [-0.25, -0.2) is 4.79 Å². The Bertz CT molecular complexity index is 1380. The number of hydrogen-bond acceptors (Lipinski definition) is 6. The van der Waals surface area contributed by atoms with E-state index in [2.05, 4.69) is 15.2 Å². The lowest BCUT2D eigenvalue weighted by Gasteiger charge is -2.34. The third kappa shape index (κ3) is 4.78. The number of carboxylic acid groups (broad SMARTS) is 1. The van der Waals surface area contributed by atoms with Gasteiger partial charge in [0.25, 0.3) is 0 Å². The highest BCUT2D eigenvalue weighted by Crippen LogP contribution is 2.30. The molecular formula is C25H20ClN5O3S. The summed E-state index contributed by atoms with van der Waals surface area (Å²) in [6, 6.07) is 17.6. The van der Waals surface area contributed by atoms with Gasteiger partial charge in [-0.2, -0.15) is 0 Å². The maximum atomic E-state index is 13.2. The molecule has 1 N–H and O–H groups in total. The number of amides is 1. The van der Waals surface area contributed by atoms with Crippen molar-refractivity contribution in [3.05, 3.63) is 89.2 Å². The van der Waals surface area contributed by atoms with Crippen LogP contribution < -0.4 is 0 Å². The van der Waals surface area contributed by atoms with E-state index in [-0.39, 0.29) is 24.6 Å². The zero-order chi connectivity index (χ0) is 24.4. The number of benzene rings is 2. The van der Waals surface area contributed by atoms with E-state index in [1.54, 1.807) is 24.5 Å². The molecule has 1 amide bonds. The van der Waals surface area contributed by atoms with E-state index in [9.17, 15) is 14.7 Å². The summed E-state index contributed by atoms with van der Waals surface area (Å²) >= 11 is 7.30. The molecule has 0 radical (unpaired) electrons. The molecule has 176 valence electrons. The van der Waals surface area contributed by atoms with Crippen LogP contribution in [0.25, 0.3) is 17.1 Å². The number of aliphatic carboxylic acids is 1. The van der Waals surface area contributed by atoms with Gasteiger partial charge in [0.1, 0.15) is 6.04 Å². The summed E-state index contributed by atoms with van der Waals surface area (Å²) < 4.78 is 1.85. The first kappa shape index (κ1) is 23.1. The number of carbonyl (C=O) groups excluding carboxylic acids is 1. The van der Waals surface area contributed by atoms with E-state index in [1.165, 1.54) is 16.7 Å². The van der Waals surface area contributed by atoms with Crippen LogP contribution in [0.2, 0.25) is 5.02 Å². The van der Waals surface area contributed by atoms with Crippen molar-refractivity contribution in [2.45, 2.75) is 24.2 Å². The third-order valence-corrected chi connectivity index (χ3v) is 7.00. The fraction of sp³-hybridized carbons (Fsp3) is 0.160. The van der Waals surface area contributed by atoms with Crippen LogP contribution in [0.15, 0.2) is 78.2 Å². The Balaban J connectivity index is 1.42. The largest absolute Gasteiger partial charge is 0.480 e. The van der Waals surface area contributed by atoms with E-state index in [0.717, 1.165) is 22.4 Å². The summed E-state index contributed by atoms with van der Waals surface area (Å²) in [5.41, 5.74) is 3.53. The molecule has 8 nitrogen and oxygen atoms in total. The molecular weight excluding hydrogens is 486 g/mol. The molecule has 1 atom stereocenters. The second-order valence-corrected chi connectivity index (χ2v) is 9.37. The summed E-state index contributed by atoms with van der Waals surface area (Å²) in [4.78, 5) is 30.7. The van der Waals surface area contributed by atoms with Crippen LogP contribution in [0.4, 0.5) is 0 Å². The second-order valence-electron chi connectivity index (χ2n) is 7.99. The number of aromatic nitrogens is 4. The molecule has 35 heavy (non-hydrogen) atoms. The Hall–Kier alpha value is -3.69. The molecule has 1 aliphatic heterocycles. The minimum Gasteiger partial charge on any atom is -0.480 e. The number of rotatable bonds is 6. The topological polar surface area (TPSA) is 101 Å². The lowest BCUT2D eigenvalue weighted by Crippen LogP contribution is -2.49. The van der Waals surface area contributed by atoms with Gasteiger partial charge in [-0.05, 0) is 47.5 Å². The van der Waals surface area contributed by atoms with Crippen LogP contribution in [-0.4, -0.2) is 53.4 Å². The Morgan fingerprint density at radius 2 is 1.71 bits per heavy atom. The third-order valence-electron chi connectivity index (χ3n) is 5.84. The molecule has 0 unspecified atom stereocenters. The molecule has 0 fully saturated rings. The van der Waals surface area contributed by atoms with Gasteiger partial charge in [0.05, 0.1) is 5.75 Å². The number of thioether (sulfide) groups is 1. The smallest absolute Gasteiger partial charge is 0.326 e. The summed E-state index contributed by atoms with van der Waals surface area (Å²) in [7, 11) is 0. The number of carboxylic acids is 1. The van der Waals surface area contributed by atoms with Crippen LogP contribution in [-0.2, 0) is 22.6 Å². The van der Waals surface area contributed by atoms with Crippen molar-refractivity contribution in [3.63, 3.8) is 0 Å². The highest BCUT2D eigenvalue weighted by molar-refractivity contribution is 7.99. The lowest BCUT2D eigenvalue weighted by atomic mass is 9.94. The molecule has 0 aliphatic carbocycles. The van der Waals surface area contributed by atoms with E-state index in [4.69, 9.17) is 11.6 Å². The van der Waals surface area contributed by atoms with Gasteiger partial charge in [-0.15, -0.1) is 10.2 Å². The number of pyridine rings is 1. The van der Waals surface area contributed by atoms with Gasteiger partial charge in [0, 0.05) is 41.6 Å². The predicted octanol–water partition coefficient (Wildman–Crippen LogP) is 4.11. The van der Waals surface area contributed by atoms with Crippen molar-refractivity contribution in [1.29, 1.82) is 0 Å². The maximum absolute atomic E-state index is 13.2. The zero-order valence-corrected chi connectivity index (χ0v) is 20.0. The monoisotopic (exact) mass is 505 g/mol. The highest BCUT2D eigenvalue weighted by atomic mass is 35.5. The number of carbonyl (C=O) groups is 2. The fourth-order valence-electron chi connectivity index (χ4n) is 4.09. The SMILES string of the molecule is O=C(O)[C@H]1Cc2ccccc2CN1C(=O)CSc1nnc(-c2ccncc2)n1-c1ccc(Cl)cc1. The average molecular weight is 506 g/mol. The standard InChI is InChI=1S/C25H20ClN5O3S/c26-19-5-7-20(8-6-19)31-23(16-9-11-27-12-10-16)28-29-25(31)35-15-22(32)30-14-18-4-2-1-3-17(18)13-21(30)24(33)34/h1-12,21H,13-15H2,(H,33,34)/t21-/m1/s1. The Morgan fingerprint density at radius 3 is 2.43 bits per heavy atom. The van der Waals surface area contributed by atoms with Gasteiger partial charge in [-0.1, -0.05) is 47.6 Å². The van der Waals surface area contributed by atoms with E-state index in [0.29, 0.717) is 16.0 Å². The molecule has 4 aromatic rings. The number of halogens is 1. The van der Waals surface area contributed by atoms with Crippen molar-refractivity contribution < 1.29 is 14.7 Å². The summed E-state index contributed by atoms with van der Waals surface area (Å²) in [5, 5.41) is 19.6. The molecule has 5 rings (SSSR count). The van der Waals surface area contributed by atoms with Crippen LogP contribution in [0.5, 0.6) is 0 Å². The van der Waals surface area contributed by atoms with Crippen molar-refractivity contribution in [1.82, 2.24) is 24.6 Å². The molecule has 0 saturated carbocycles. The second kappa shape index (κ2) is 9.89. The van der Waals surface area contributed by atoms with Crippen molar-refractivity contribution in [2.75, 3.05) is 5.75 Å². The molecule has 0 saturated heterocycles. The first-order valence-electron chi connectivity index (χ1n) is 10.8. The molecule has 2 aromatic heterocycles.